The van der Waals surface area contributed by atoms with Crippen molar-refractivity contribution in [3.05, 3.63) is 51.9 Å². The van der Waals surface area contributed by atoms with E-state index in [-0.39, 0.29) is 36.6 Å². The molecule has 1 aliphatic carbocycles. The van der Waals surface area contributed by atoms with Gasteiger partial charge in [0.15, 0.2) is 12.4 Å². The molecule has 2 aromatic rings. The zero-order valence-corrected chi connectivity index (χ0v) is 16.6. The Hall–Kier alpha value is -3.16. The highest BCUT2D eigenvalue weighted by Crippen LogP contribution is 2.19. The van der Waals surface area contributed by atoms with Crippen LogP contribution in [0.2, 0.25) is 0 Å². The number of amides is 1. The maximum atomic E-state index is 12.6. The highest BCUT2D eigenvalue weighted by molar-refractivity contribution is 5.90. The Labute approximate surface area is 168 Å². The lowest BCUT2D eigenvalue weighted by molar-refractivity contribution is -0.123. The zero-order valence-electron chi connectivity index (χ0n) is 16.6. The van der Waals surface area contributed by atoms with Crippen molar-refractivity contribution in [2.45, 2.75) is 45.6 Å². The normalized spacial score (nSPS) is 13.9. The molecule has 0 aliphatic heterocycles. The van der Waals surface area contributed by atoms with Crippen LogP contribution in [-0.2, 0) is 9.53 Å². The van der Waals surface area contributed by atoms with Crippen LogP contribution < -0.4 is 15.6 Å². The minimum atomic E-state index is -0.721. The number of aromatic nitrogens is 2. The van der Waals surface area contributed by atoms with Crippen molar-refractivity contribution in [3.63, 3.8) is 0 Å². The number of carbonyl (C=O) groups is 2. The standard InChI is InChI=1S/C21H25N3O5/c1-3-28-21(27)20-17(29-13-18(25)22-15-9-5-6-10-15)12-19(26)24(23-20)16-11-7-4-8-14(16)2/h4,7-8,11-12,15H,3,5-6,9-10,13H2,1-2H3,(H,22,25). The number of para-hydroxylation sites is 1. The molecule has 0 saturated heterocycles. The van der Waals surface area contributed by atoms with E-state index in [1.54, 1.807) is 19.1 Å². The monoisotopic (exact) mass is 399 g/mol. The van der Waals surface area contributed by atoms with E-state index in [1.807, 2.05) is 19.1 Å². The summed E-state index contributed by atoms with van der Waals surface area (Å²) in [5.41, 5.74) is 0.747. The van der Waals surface area contributed by atoms with Crippen molar-refractivity contribution in [3.8, 4) is 11.4 Å². The smallest absolute Gasteiger partial charge is 0.362 e. The van der Waals surface area contributed by atoms with Gasteiger partial charge in [-0.2, -0.15) is 9.78 Å². The molecule has 1 aromatic heterocycles. The molecule has 1 N–H and O–H groups in total. The number of rotatable bonds is 7. The molecule has 1 fully saturated rings. The molecule has 154 valence electrons. The highest BCUT2D eigenvalue weighted by Gasteiger charge is 2.22. The van der Waals surface area contributed by atoms with Crippen molar-refractivity contribution >= 4 is 11.9 Å². The summed E-state index contributed by atoms with van der Waals surface area (Å²) >= 11 is 0. The number of carbonyl (C=O) groups excluding carboxylic acids is 2. The first-order valence-electron chi connectivity index (χ1n) is 9.79. The molecule has 0 bridgehead atoms. The Balaban J connectivity index is 1.86. The van der Waals surface area contributed by atoms with E-state index in [1.165, 1.54) is 0 Å². The third kappa shape index (κ3) is 5.01. The topological polar surface area (TPSA) is 99.5 Å². The van der Waals surface area contributed by atoms with Crippen molar-refractivity contribution in [1.82, 2.24) is 15.1 Å². The average Bonchev–Trinajstić information content (AvgIpc) is 3.20. The second kappa shape index (κ2) is 9.36. The highest BCUT2D eigenvalue weighted by atomic mass is 16.5. The second-order valence-corrected chi connectivity index (χ2v) is 6.95. The number of nitrogens with one attached hydrogen (secondary N) is 1. The summed E-state index contributed by atoms with van der Waals surface area (Å²) in [5, 5.41) is 7.07. The van der Waals surface area contributed by atoms with E-state index in [0.717, 1.165) is 42.0 Å². The van der Waals surface area contributed by atoms with Gasteiger partial charge in [-0.05, 0) is 38.3 Å². The molecule has 8 nitrogen and oxygen atoms in total. The molecule has 0 atom stereocenters. The van der Waals surface area contributed by atoms with Crippen LogP contribution in [0.25, 0.3) is 5.69 Å². The molecule has 8 heteroatoms. The summed E-state index contributed by atoms with van der Waals surface area (Å²) in [6.07, 6.45) is 4.10. The number of ether oxygens (including phenoxy) is 2. The fourth-order valence-corrected chi connectivity index (χ4v) is 3.35. The van der Waals surface area contributed by atoms with E-state index in [2.05, 4.69) is 10.4 Å². The summed E-state index contributed by atoms with van der Waals surface area (Å²) in [6.45, 7) is 3.35. The van der Waals surface area contributed by atoms with Gasteiger partial charge in [0.25, 0.3) is 11.5 Å². The van der Waals surface area contributed by atoms with Crippen LogP contribution in [0.4, 0.5) is 0 Å². The lowest BCUT2D eigenvalue weighted by Crippen LogP contribution is -2.36. The Morgan fingerprint density at radius 2 is 1.97 bits per heavy atom. The lowest BCUT2D eigenvalue weighted by Gasteiger charge is -2.15. The molecular weight excluding hydrogens is 374 g/mol. The Kier molecular flexibility index (Phi) is 6.64. The van der Waals surface area contributed by atoms with Crippen molar-refractivity contribution < 1.29 is 19.1 Å². The summed E-state index contributed by atoms with van der Waals surface area (Å²) in [7, 11) is 0. The summed E-state index contributed by atoms with van der Waals surface area (Å²) in [5.74, 6) is -1.09. The largest absolute Gasteiger partial charge is 0.481 e. The van der Waals surface area contributed by atoms with Gasteiger partial charge in [-0.25, -0.2) is 4.79 Å². The van der Waals surface area contributed by atoms with Gasteiger partial charge in [-0.15, -0.1) is 0 Å². The fraction of sp³-hybridized carbons (Fsp3) is 0.429. The van der Waals surface area contributed by atoms with Crippen LogP contribution in [0.1, 0.15) is 48.7 Å². The van der Waals surface area contributed by atoms with Crippen LogP contribution in [0.3, 0.4) is 0 Å². The second-order valence-electron chi connectivity index (χ2n) is 6.95. The van der Waals surface area contributed by atoms with Gasteiger partial charge in [-0.1, -0.05) is 31.0 Å². The molecule has 0 unspecified atom stereocenters. The van der Waals surface area contributed by atoms with Gasteiger partial charge < -0.3 is 14.8 Å². The molecule has 1 saturated carbocycles. The zero-order chi connectivity index (χ0) is 20.8. The Morgan fingerprint density at radius 1 is 1.24 bits per heavy atom. The molecular formula is C21H25N3O5. The Morgan fingerprint density at radius 3 is 2.66 bits per heavy atom. The van der Waals surface area contributed by atoms with Gasteiger partial charge in [0.05, 0.1) is 18.4 Å². The van der Waals surface area contributed by atoms with Crippen molar-refractivity contribution in [2.75, 3.05) is 13.2 Å². The maximum Gasteiger partial charge on any atom is 0.362 e. The summed E-state index contributed by atoms with van der Waals surface area (Å²) in [4.78, 5) is 37.1. The molecule has 0 radical (unpaired) electrons. The van der Waals surface area contributed by atoms with Gasteiger partial charge in [0.1, 0.15) is 0 Å². The SMILES string of the molecule is CCOC(=O)c1nn(-c2ccccc2C)c(=O)cc1OCC(=O)NC1CCCC1. The lowest BCUT2D eigenvalue weighted by atomic mass is 10.2. The number of esters is 1. The molecule has 29 heavy (non-hydrogen) atoms. The number of nitrogens with zero attached hydrogens (tertiary/aromatic N) is 2. The molecule has 3 rings (SSSR count). The first kappa shape index (κ1) is 20.6. The first-order valence-corrected chi connectivity index (χ1v) is 9.79. The molecule has 1 amide bonds. The van der Waals surface area contributed by atoms with E-state index in [0.29, 0.717) is 5.69 Å². The number of hydrogen-bond acceptors (Lipinski definition) is 6. The minimum absolute atomic E-state index is 0.0696. The molecule has 1 heterocycles. The third-order valence-electron chi connectivity index (χ3n) is 4.79. The van der Waals surface area contributed by atoms with Crippen LogP contribution >= 0.6 is 0 Å². The third-order valence-corrected chi connectivity index (χ3v) is 4.79. The maximum absolute atomic E-state index is 12.6. The van der Waals surface area contributed by atoms with E-state index < -0.39 is 11.5 Å². The Bertz CT molecular complexity index is 948. The first-order chi connectivity index (χ1) is 14.0. The fourth-order valence-electron chi connectivity index (χ4n) is 3.35. The van der Waals surface area contributed by atoms with Gasteiger partial charge >= 0.3 is 5.97 Å². The summed E-state index contributed by atoms with van der Waals surface area (Å²) < 4.78 is 11.7. The van der Waals surface area contributed by atoms with Crippen LogP contribution in [-0.4, -0.2) is 40.9 Å². The number of benzene rings is 1. The summed E-state index contributed by atoms with van der Waals surface area (Å²) in [6, 6.07) is 8.51. The average molecular weight is 399 g/mol. The van der Waals surface area contributed by atoms with E-state index in [4.69, 9.17) is 9.47 Å². The van der Waals surface area contributed by atoms with Gasteiger partial charge in [-0.3, -0.25) is 9.59 Å². The van der Waals surface area contributed by atoms with Crippen LogP contribution in [0.15, 0.2) is 35.1 Å². The quantitative estimate of drug-likeness (QED) is 0.716. The molecule has 1 aromatic carbocycles. The predicted molar refractivity (Wildman–Crippen MR) is 106 cm³/mol. The molecule has 1 aliphatic rings. The minimum Gasteiger partial charge on any atom is -0.481 e. The van der Waals surface area contributed by atoms with Crippen molar-refractivity contribution in [1.29, 1.82) is 0 Å². The number of hydrogen-bond donors (Lipinski definition) is 1. The van der Waals surface area contributed by atoms with Crippen LogP contribution in [0.5, 0.6) is 5.75 Å². The van der Waals surface area contributed by atoms with E-state index in [9.17, 15) is 14.4 Å². The van der Waals surface area contributed by atoms with Crippen LogP contribution in [0, 0.1) is 6.92 Å². The van der Waals surface area contributed by atoms with E-state index >= 15 is 0 Å². The predicted octanol–water partition coefficient (Wildman–Crippen LogP) is 2.16. The van der Waals surface area contributed by atoms with Gasteiger partial charge in [0, 0.05) is 6.04 Å². The van der Waals surface area contributed by atoms with Gasteiger partial charge in [0.2, 0.25) is 5.69 Å². The number of aryl methyl sites for hydroxylation is 1. The molecule has 0 spiro atoms. The van der Waals surface area contributed by atoms with Crippen molar-refractivity contribution in [2.24, 2.45) is 0 Å².